The molecule has 2 aromatic carbocycles. The molecule has 3 heterocycles. The number of rotatable bonds is 13. The van der Waals surface area contributed by atoms with Crippen LogP contribution < -0.4 is 9.47 Å². The number of likely N-dealkylation sites (tertiary alicyclic amines) is 1. The minimum Gasteiger partial charge on any atom is -0.497 e. The van der Waals surface area contributed by atoms with E-state index in [-0.39, 0.29) is 13.0 Å². The van der Waals surface area contributed by atoms with Crippen LogP contribution in [-0.4, -0.2) is 90.6 Å². The molecule has 0 unspecified atom stereocenters. The molecule has 12 heteroatoms. The third-order valence-electron chi connectivity index (χ3n) is 9.05. The lowest BCUT2D eigenvalue weighted by atomic mass is 9.71. The minimum absolute atomic E-state index is 0.0228. The van der Waals surface area contributed by atoms with E-state index in [2.05, 4.69) is 14.8 Å². The van der Waals surface area contributed by atoms with Crippen LogP contribution in [0.2, 0.25) is 0 Å². The van der Waals surface area contributed by atoms with Gasteiger partial charge in [-0.25, -0.2) is 8.78 Å². The molecule has 45 heavy (non-hydrogen) atoms. The van der Waals surface area contributed by atoms with Gasteiger partial charge < -0.3 is 24.4 Å². The number of carboxylic acid groups (broad SMARTS) is 1. The maximum atomic E-state index is 13.9. The zero-order valence-corrected chi connectivity index (χ0v) is 25.4. The molecule has 2 aliphatic rings. The van der Waals surface area contributed by atoms with E-state index in [1.807, 2.05) is 24.4 Å². The number of aliphatic hydroxyl groups is 1. The number of piperidine rings is 1. The number of hydrogen-bond acceptors (Lipinski definition) is 8. The Labute approximate surface area is 260 Å². The lowest BCUT2D eigenvalue weighted by molar-refractivity contribution is -0.141. The molecule has 1 atom stereocenters. The molecule has 244 valence electrons. The smallest absolute Gasteiger partial charge is 0.303 e. The van der Waals surface area contributed by atoms with Crippen molar-refractivity contribution in [1.29, 1.82) is 0 Å². The van der Waals surface area contributed by atoms with E-state index >= 15 is 0 Å². The zero-order chi connectivity index (χ0) is 32.0. The molecule has 2 saturated heterocycles. The largest absolute Gasteiger partial charge is 0.497 e. The average Bonchev–Trinajstić information content (AvgIpc) is 3.03. The standard InChI is InChI=1S/C33H40F3N3O6/c1-43-24-2-3-27-25(18-24)31(22(20-37-27)21-39-10-13-44-14-11-39)28(40)4-5-33(19-30(41)42)6-8-38(9-7-33)12-15-45-29-17-23(34)16-26(35)32(29)36/h2-3,16-18,20,28,40H,4-15,19,21H2,1H3,(H,41,42)/t28-/m1/s1. The number of halogens is 3. The van der Waals surface area contributed by atoms with E-state index in [1.165, 1.54) is 0 Å². The Morgan fingerprint density at radius 1 is 1.09 bits per heavy atom. The lowest BCUT2D eigenvalue weighted by Gasteiger charge is -2.41. The Hall–Kier alpha value is -3.45. The van der Waals surface area contributed by atoms with Crippen molar-refractivity contribution in [1.82, 2.24) is 14.8 Å². The van der Waals surface area contributed by atoms with Crippen LogP contribution in [0.25, 0.3) is 10.9 Å². The maximum absolute atomic E-state index is 13.9. The molecule has 2 fully saturated rings. The van der Waals surface area contributed by atoms with Crippen molar-refractivity contribution in [3.63, 3.8) is 0 Å². The molecule has 0 radical (unpaired) electrons. The van der Waals surface area contributed by atoms with Crippen LogP contribution in [-0.2, 0) is 16.1 Å². The molecule has 0 spiro atoms. The molecule has 0 saturated carbocycles. The number of carboxylic acids is 1. The number of morpholine rings is 1. The summed E-state index contributed by atoms with van der Waals surface area (Å²) in [5, 5.41) is 22.4. The van der Waals surface area contributed by atoms with Crippen molar-refractivity contribution in [2.45, 2.75) is 44.8 Å². The monoisotopic (exact) mass is 631 g/mol. The Morgan fingerprint density at radius 3 is 2.56 bits per heavy atom. The van der Waals surface area contributed by atoms with E-state index in [4.69, 9.17) is 14.2 Å². The van der Waals surface area contributed by atoms with Gasteiger partial charge in [0, 0.05) is 49.9 Å². The van der Waals surface area contributed by atoms with Gasteiger partial charge >= 0.3 is 5.97 Å². The van der Waals surface area contributed by atoms with Gasteiger partial charge in [0.2, 0.25) is 5.82 Å². The summed E-state index contributed by atoms with van der Waals surface area (Å²) in [6, 6.07) is 6.87. The number of fused-ring (bicyclic) bond motifs is 1. The number of carbonyl (C=O) groups is 1. The first-order valence-electron chi connectivity index (χ1n) is 15.3. The highest BCUT2D eigenvalue weighted by molar-refractivity contribution is 5.85. The number of nitrogens with zero attached hydrogens (tertiary/aromatic N) is 3. The summed E-state index contributed by atoms with van der Waals surface area (Å²) in [6.45, 7) is 5.02. The highest BCUT2D eigenvalue weighted by atomic mass is 19.2. The fourth-order valence-electron chi connectivity index (χ4n) is 6.48. The van der Waals surface area contributed by atoms with Gasteiger partial charge in [-0.05, 0) is 73.5 Å². The van der Waals surface area contributed by atoms with E-state index in [0.29, 0.717) is 76.9 Å². The Balaban J connectivity index is 1.27. The van der Waals surface area contributed by atoms with Crippen LogP contribution in [0.1, 0.15) is 49.3 Å². The van der Waals surface area contributed by atoms with Gasteiger partial charge in [-0.1, -0.05) is 0 Å². The summed E-state index contributed by atoms with van der Waals surface area (Å²) in [7, 11) is 1.59. The van der Waals surface area contributed by atoms with E-state index in [9.17, 15) is 28.2 Å². The number of aliphatic carboxylic acids is 1. The number of aromatic nitrogens is 1. The Morgan fingerprint density at radius 2 is 1.84 bits per heavy atom. The van der Waals surface area contributed by atoms with E-state index in [0.717, 1.165) is 41.2 Å². The molecular weight excluding hydrogens is 591 g/mol. The van der Waals surface area contributed by atoms with Gasteiger partial charge in [0.15, 0.2) is 11.6 Å². The van der Waals surface area contributed by atoms with Gasteiger partial charge in [0.25, 0.3) is 0 Å². The number of hydrogen-bond donors (Lipinski definition) is 2. The predicted molar refractivity (Wildman–Crippen MR) is 161 cm³/mol. The van der Waals surface area contributed by atoms with Crippen molar-refractivity contribution < 1.29 is 42.4 Å². The summed E-state index contributed by atoms with van der Waals surface area (Å²) >= 11 is 0. The van der Waals surface area contributed by atoms with Crippen molar-refractivity contribution in [2.75, 3.05) is 59.7 Å². The maximum Gasteiger partial charge on any atom is 0.303 e. The van der Waals surface area contributed by atoms with Crippen LogP contribution in [0.3, 0.4) is 0 Å². The average molecular weight is 632 g/mol. The zero-order valence-electron chi connectivity index (χ0n) is 25.4. The van der Waals surface area contributed by atoms with Crippen LogP contribution in [0.15, 0.2) is 36.5 Å². The van der Waals surface area contributed by atoms with Crippen LogP contribution >= 0.6 is 0 Å². The molecule has 0 amide bonds. The second-order valence-corrected chi connectivity index (χ2v) is 12.0. The molecule has 2 aliphatic heterocycles. The summed E-state index contributed by atoms with van der Waals surface area (Å²) < 4.78 is 57.2. The third-order valence-corrected chi connectivity index (χ3v) is 9.05. The normalized spacial score (nSPS) is 18.2. The first-order chi connectivity index (χ1) is 21.7. The van der Waals surface area contributed by atoms with E-state index < -0.39 is 40.7 Å². The summed E-state index contributed by atoms with van der Waals surface area (Å²) in [5.41, 5.74) is 1.92. The van der Waals surface area contributed by atoms with Gasteiger partial charge in [-0.15, -0.1) is 0 Å². The topological polar surface area (TPSA) is 105 Å². The van der Waals surface area contributed by atoms with Crippen LogP contribution in [0.5, 0.6) is 11.5 Å². The van der Waals surface area contributed by atoms with Gasteiger partial charge in [-0.3, -0.25) is 19.6 Å². The molecule has 3 aromatic rings. The van der Waals surface area contributed by atoms with Crippen molar-refractivity contribution in [3.05, 3.63) is 65.1 Å². The third kappa shape index (κ3) is 8.23. The number of aliphatic hydroxyl groups excluding tert-OH is 1. The number of pyridine rings is 1. The molecule has 2 N–H and O–H groups in total. The van der Waals surface area contributed by atoms with E-state index in [1.54, 1.807) is 7.11 Å². The van der Waals surface area contributed by atoms with Gasteiger partial charge in [0.05, 0.1) is 38.4 Å². The first kappa shape index (κ1) is 32.9. The van der Waals surface area contributed by atoms with Crippen LogP contribution in [0.4, 0.5) is 13.2 Å². The van der Waals surface area contributed by atoms with Crippen molar-refractivity contribution >= 4 is 16.9 Å². The fourth-order valence-corrected chi connectivity index (χ4v) is 6.48. The molecule has 9 nitrogen and oxygen atoms in total. The van der Waals surface area contributed by atoms with Gasteiger partial charge in [-0.2, -0.15) is 4.39 Å². The Kier molecular flexibility index (Phi) is 10.8. The SMILES string of the molecule is COc1ccc2ncc(CN3CCOCC3)c([C@H](O)CCC3(CC(=O)O)CCN(CCOc4cc(F)cc(F)c4F)CC3)c2c1. The number of methoxy groups -OCH3 is 1. The molecule has 1 aromatic heterocycles. The quantitative estimate of drug-likeness (QED) is 0.254. The molecule has 0 aliphatic carbocycles. The second kappa shape index (κ2) is 14.8. The summed E-state index contributed by atoms with van der Waals surface area (Å²) in [4.78, 5) is 21.0. The summed E-state index contributed by atoms with van der Waals surface area (Å²) in [6.07, 6.45) is 2.99. The lowest BCUT2D eigenvalue weighted by Crippen LogP contribution is -2.42. The van der Waals surface area contributed by atoms with Crippen LogP contribution in [0, 0.1) is 22.9 Å². The predicted octanol–water partition coefficient (Wildman–Crippen LogP) is 4.94. The minimum atomic E-state index is -1.31. The number of ether oxygens (including phenoxy) is 3. The highest BCUT2D eigenvalue weighted by Gasteiger charge is 2.37. The highest BCUT2D eigenvalue weighted by Crippen LogP contribution is 2.42. The second-order valence-electron chi connectivity index (χ2n) is 12.0. The Bertz CT molecular complexity index is 1480. The molecule has 5 rings (SSSR count). The molecule has 0 bridgehead atoms. The fraction of sp³-hybridized carbons (Fsp3) is 0.515. The van der Waals surface area contributed by atoms with Gasteiger partial charge in [0.1, 0.15) is 18.2 Å². The summed E-state index contributed by atoms with van der Waals surface area (Å²) in [5.74, 6) is -4.18. The van der Waals surface area contributed by atoms with Crippen molar-refractivity contribution in [2.24, 2.45) is 5.41 Å². The van der Waals surface area contributed by atoms with Crippen molar-refractivity contribution in [3.8, 4) is 11.5 Å². The molecular formula is C33H40F3N3O6. The number of benzene rings is 2. The first-order valence-corrected chi connectivity index (χ1v) is 15.3.